The molecule has 2 aromatic rings. The van der Waals surface area contributed by atoms with Gasteiger partial charge in [0.2, 0.25) is 0 Å². The van der Waals surface area contributed by atoms with E-state index in [4.69, 9.17) is 27.9 Å². The van der Waals surface area contributed by atoms with Crippen LogP contribution in [0.3, 0.4) is 0 Å². The SMILES string of the molecule is OC(c1ccc2c(c1)CCO2)c1cccc(Cl)c1Cl. The van der Waals surface area contributed by atoms with E-state index in [1.165, 1.54) is 0 Å². The average molecular weight is 295 g/mol. The average Bonchev–Trinajstić information content (AvgIpc) is 2.88. The summed E-state index contributed by atoms with van der Waals surface area (Å²) < 4.78 is 5.45. The highest BCUT2D eigenvalue weighted by atomic mass is 35.5. The summed E-state index contributed by atoms with van der Waals surface area (Å²) in [7, 11) is 0. The van der Waals surface area contributed by atoms with Gasteiger partial charge in [0.15, 0.2) is 0 Å². The Hall–Kier alpha value is -1.22. The van der Waals surface area contributed by atoms with Crippen molar-refractivity contribution in [3.63, 3.8) is 0 Å². The number of hydrogen-bond donors (Lipinski definition) is 1. The molecule has 0 amide bonds. The molecule has 0 aromatic heterocycles. The lowest BCUT2D eigenvalue weighted by molar-refractivity contribution is 0.220. The van der Waals surface area contributed by atoms with Crippen molar-refractivity contribution < 1.29 is 9.84 Å². The summed E-state index contributed by atoms with van der Waals surface area (Å²) in [5, 5.41) is 11.3. The summed E-state index contributed by atoms with van der Waals surface area (Å²) in [5.74, 6) is 0.896. The van der Waals surface area contributed by atoms with Crippen LogP contribution in [0.4, 0.5) is 0 Å². The minimum Gasteiger partial charge on any atom is -0.493 e. The van der Waals surface area contributed by atoms with Crippen molar-refractivity contribution in [1.29, 1.82) is 0 Å². The number of halogens is 2. The Bertz CT molecular complexity index is 626. The zero-order chi connectivity index (χ0) is 13.4. The van der Waals surface area contributed by atoms with Crippen molar-refractivity contribution in [3.8, 4) is 5.75 Å². The lowest BCUT2D eigenvalue weighted by Crippen LogP contribution is -2.01. The summed E-state index contributed by atoms with van der Waals surface area (Å²) in [4.78, 5) is 0. The van der Waals surface area contributed by atoms with Gasteiger partial charge in [-0.15, -0.1) is 0 Å². The van der Waals surface area contributed by atoms with Crippen LogP contribution in [0, 0.1) is 0 Å². The second kappa shape index (κ2) is 5.04. The van der Waals surface area contributed by atoms with E-state index in [1.807, 2.05) is 18.2 Å². The van der Waals surface area contributed by atoms with Crippen molar-refractivity contribution in [3.05, 3.63) is 63.1 Å². The molecular formula is C15H12Cl2O2. The Morgan fingerprint density at radius 1 is 1.16 bits per heavy atom. The van der Waals surface area contributed by atoms with Crippen molar-refractivity contribution in [1.82, 2.24) is 0 Å². The Labute approximate surface area is 121 Å². The molecule has 0 saturated carbocycles. The first kappa shape index (κ1) is 12.8. The summed E-state index contributed by atoms with van der Waals surface area (Å²) in [6.07, 6.45) is 0.0937. The molecule has 98 valence electrons. The summed E-state index contributed by atoms with van der Waals surface area (Å²) in [6, 6.07) is 11.0. The molecule has 0 aliphatic carbocycles. The molecule has 1 N–H and O–H groups in total. The number of ether oxygens (including phenoxy) is 1. The lowest BCUT2D eigenvalue weighted by Gasteiger charge is -2.14. The Kier molecular flexibility index (Phi) is 3.40. The summed E-state index contributed by atoms with van der Waals surface area (Å²) in [6.45, 7) is 0.701. The number of aliphatic hydroxyl groups excluding tert-OH is 1. The third-order valence-electron chi connectivity index (χ3n) is 3.31. The van der Waals surface area contributed by atoms with Crippen LogP contribution in [0.2, 0.25) is 10.0 Å². The predicted octanol–water partition coefficient (Wildman–Crippen LogP) is 4.01. The Balaban J connectivity index is 2.00. The molecule has 0 saturated heterocycles. The van der Waals surface area contributed by atoms with E-state index in [2.05, 4.69) is 0 Å². The van der Waals surface area contributed by atoms with E-state index in [0.717, 1.165) is 23.3 Å². The standard InChI is InChI=1S/C15H12Cl2O2/c16-12-3-1-2-11(14(12)17)15(18)10-4-5-13-9(8-10)6-7-19-13/h1-5,8,15,18H,6-7H2. The highest BCUT2D eigenvalue weighted by molar-refractivity contribution is 6.42. The minimum atomic E-state index is -0.780. The zero-order valence-corrected chi connectivity index (χ0v) is 11.6. The van der Waals surface area contributed by atoms with Gasteiger partial charge in [0.1, 0.15) is 11.9 Å². The topological polar surface area (TPSA) is 29.5 Å². The lowest BCUT2D eigenvalue weighted by atomic mass is 9.99. The fourth-order valence-corrected chi connectivity index (χ4v) is 2.70. The molecule has 1 aliphatic rings. The minimum absolute atomic E-state index is 0.397. The molecule has 1 aliphatic heterocycles. The van der Waals surface area contributed by atoms with E-state index >= 15 is 0 Å². The van der Waals surface area contributed by atoms with E-state index in [0.29, 0.717) is 22.2 Å². The number of hydrogen-bond acceptors (Lipinski definition) is 2. The van der Waals surface area contributed by atoms with Crippen LogP contribution in [0.1, 0.15) is 22.8 Å². The first-order valence-electron chi connectivity index (χ1n) is 6.04. The van der Waals surface area contributed by atoms with Gasteiger partial charge in [0.25, 0.3) is 0 Å². The van der Waals surface area contributed by atoms with Gasteiger partial charge in [-0.05, 0) is 29.3 Å². The Morgan fingerprint density at radius 3 is 2.84 bits per heavy atom. The molecule has 19 heavy (non-hydrogen) atoms. The molecule has 2 aromatic carbocycles. The van der Waals surface area contributed by atoms with Crippen molar-refractivity contribution in [2.45, 2.75) is 12.5 Å². The van der Waals surface area contributed by atoms with Crippen LogP contribution >= 0.6 is 23.2 Å². The fourth-order valence-electron chi connectivity index (χ4n) is 2.29. The first-order chi connectivity index (χ1) is 9.16. The van der Waals surface area contributed by atoms with Crippen LogP contribution < -0.4 is 4.74 Å². The molecule has 0 bridgehead atoms. The molecule has 0 radical (unpaired) electrons. The Morgan fingerprint density at radius 2 is 2.00 bits per heavy atom. The van der Waals surface area contributed by atoms with Gasteiger partial charge >= 0.3 is 0 Å². The zero-order valence-electron chi connectivity index (χ0n) is 10.1. The predicted molar refractivity (Wildman–Crippen MR) is 76.2 cm³/mol. The van der Waals surface area contributed by atoms with E-state index in [9.17, 15) is 5.11 Å². The quantitative estimate of drug-likeness (QED) is 0.907. The van der Waals surface area contributed by atoms with Crippen LogP contribution in [0.5, 0.6) is 5.75 Å². The van der Waals surface area contributed by atoms with Gasteiger partial charge < -0.3 is 9.84 Å². The number of rotatable bonds is 2. The van der Waals surface area contributed by atoms with Crippen molar-refractivity contribution in [2.75, 3.05) is 6.61 Å². The van der Waals surface area contributed by atoms with E-state index < -0.39 is 6.10 Å². The number of aliphatic hydroxyl groups is 1. The number of benzene rings is 2. The normalized spacial score (nSPS) is 14.9. The molecule has 4 heteroatoms. The van der Waals surface area contributed by atoms with E-state index in [-0.39, 0.29) is 0 Å². The smallest absolute Gasteiger partial charge is 0.122 e. The van der Waals surface area contributed by atoms with E-state index in [1.54, 1.807) is 18.2 Å². The van der Waals surface area contributed by atoms with Gasteiger partial charge in [-0.2, -0.15) is 0 Å². The molecular weight excluding hydrogens is 283 g/mol. The molecule has 1 atom stereocenters. The maximum absolute atomic E-state index is 10.4. The van der Waals surface area contributed by atoms with Crippen LogP contribution in [-0.2, 0) is 6.42 Å². The van der Waals surface area contributed by atoms with Crippen molar-refractivity contribution in [2.24, 2.45) is 0 Å². The van der Waals surface area contributed by atoms with Crippen LogP contribution in [0.25, 0.3) is 0 Å². The van der Waals surface area contributed by atoms with Crippen LogP contribution in [0.15, 0.2) is 36.4 Å². The first-order valence-corrected chi connectivity index (χ1v) is 6.80. The van der Waals surface area contributed by atoms with Gasteiger partial charge in [-0.25, -0.2) is 0 Å². The molecule has 0 fully saturated rings. The third kappa shape index (κ3) is 2.32. The summed E-state index contributed by atoms with van der Waals surface area (Å²) >= 11 is 12.1. The van der Waals surface area contributed by atoms with Gasteiger partial charge in [-0.3, -0.25) is 0 Å². The second-order valence-electron chi connectivity index (χ2n) is 4.51. The fraction of sp³-hybridized carbons (Fsp3) is 0.200. The molecule has 1 heterocycles. The van der Waals surface area contributed by atoms with Gasteiger partial charge in [0, 0.05) is 12.0 Å². The van der Waals surface area contributed by atoms with Gasteiger partial charge in [-0.1, -0.05) is 41.4 Å². The highest BCUT2D eigenvalue weighted by Gasteiger charge is 2.19. The van der Waals surface area contributed by atoms with Gasteiger partial charge in [0.05, 0.1) is 16.7 Å². The molecule has 2 nitrogen and oxygen atoms in total. The highest BCUT2D eigenvalue weighted by Crippen LogP contribution is 2.35. The van der Waals surface area contributed by atoms with Crippen molar-refractivity contribution >= 4 is 23.2 Å². The summed E-state index contributed by atoms with van der Waals surface area (Å²) in [5.41, 5.74) is 2.54. The maximum atomic E-state index is 10.4. The molecule has 3 rings (SSSR count). The maximum Gasteiger partial charge on any atom is 0.122 e. The monoisotopic (exact) mass is 294 g/mol. The largest absolute Gasteiger partial charge is 0.493 e. The second-order valence-corrected chi connectivity index (χ2v) is 5.30. The molecule has 1 unspecified atom stereocenters. The molecule has 0 spiro atoms. The van der Waals surface area contributed by atoms with Crippen LogP contribution in [-0.4, -0.2) is 11.7 Å². The third-order valence-corrected chi connectivity index (χ3v) is 4.14. The number of fused-ring (bicyclic) bond motifs is 1.